The third-order valence-corrected chi connectivity index (χ3v) is 4.89. The van der Waals surface area contributed by atoms with Crippen molar-refractivity contribution in [2.45, 2.75) is 32.7 Å². The highest BCUT2D eigenvalue weighted by Gasteiger charge is 2.28. The van der Waals surface area contributed by atoms with Crippen molar-refractivity contribution in [2.75, 3.05) is 33.8 Å². The van der Waals surface area contributed by atoms with Gasteiger partial charge in [-0.05, 0) is 62.5 Å². The number of hydrogen-bond acceptors (Lipinski definition) is 3. The number of benzene rings is 1. The third kappa shape index (κ3) is 4.73. The van der Waals surface area contributed by atoms with Gasteiger partial charge in [0.05, 0.1) is 7.11 Å². The van der Waals surface area contributed by atoms with Crippen LogP contribution in [0.4, 0.5) is 0 Å². The van der Waals surface area contributed by atoms with E-state index in [2.05, 4.69) is 18.9 Å². The Kier molecular flexibility index (Phi) is 5.83. The van der Waals surface area contributed by atoms with Crippen LogP contribution in [-0.4, -0.2) is 50.0 Å². The summed E-state index contributed by atoms with van der Waals surface area (Å²) >= 11 is 0. The maximum absolute atomic E-state index is 11.4. The minimum absolute atomic E-state index is 0.369. The summed E-state index contributed by atoms with van der Waals surface area (Å²) in [4.78, 5) is 15.6. The molecule has 1 heterocycles. The van der Waals surface area contributed by atoms with Crippen LogP contribution in [0.2, 0.25) is 0 Å². The van der Waals surface area contributed by atoms with Gasteiger partial charge in [0.1, 0.15) is 5.75 Å². The molecular formula is C18H28N2O2. The predicted molar refractivity (Wildman–Crippen MR) is 88.9 cm³/mol. The van der Waals surface area contributed by atoms with Gasteiger partial charge in [-0.2, -0.15) is 0 Å². The summed E-state index contributed by atoms with van der Waals surface area (Å²) in [5, 5.41) is 0. The average molecular weight is 304 g/mol. The lowest BCUT2D eigenvalue weighted by Gasteiger charge is -2.38. The summed E-state index contributed by atoms with van der Waals surface area (Å²) in [5.41, 5.74) is 1.51. The zero-order valence-electron chi connectivity index (χ0n) is 14.0. The van der Waals surface area contributed by atoms with Crippen LogP contribution in [-0.2, 0) is 11.3 Å². The van der Waals surface area contributed by atoms with Crippen molar-refractivity contribution in [3.63, 3.8) is 0 Å². The summed E-state index contributed by atoms with van der Waals surface area (Å²) in [5.74, 6) is 0.847. The Labute approximate surface area is 134 Å². The standard InChI is InChI=1S/C18H28N2O2/c1-18(8-11-19(2)12-9-18)10-13-20(15-21)14-16-4-6-17(22-3)7-5-16/h4-7,15H,8-14H2,1-3H3. The molecule has 4 nitrogen and oxygen atoms in total. The number of rotatable bonds is 7. The van der Waals surface area contributed by atoms with Crippen LogP contribution in [0.5, 0.6) is 5.75 Å². The molecule has 4 heteroatoms. The van der Waals surface area contributed by atoms with Gasteiger partial charge in [-0.15, -0.1) is 0 Å². The number of likely N-dealkylation sites (tertiary alicyclic amines) is 1. The van der Waals surface area contributed by atoms with Gasteiger partial charge in [0.25, 0.3) is 0 Å². The first-order valence-corrected chi connectivity index (χ1v) is 8.05. The summed E-state index contributed by atoms with van der Waals surface area (Å²) < 4.78 is 5.16. The fourth-order valence-electron chi connectivity index (χ4n) is 2.96. The normalized spacial score (nSPS) is 18.0. The van der Waals surface area contributed by atoms with Gasteiger partial charge in [-0.1, -0.05) is 19.1 Å². The van der Waals surface area contributed by atoms with E-state index < -0.39 is 0 Å². The van der Waals surface area contributed by atoms with Crippen molar-refractivity contribution in [1.82, 2.24) is 9.80 Å². The molecule has 0 unspecified atom stereocenters. The highest BCUT2D eigenvalue weighted by atomic mass is 16.5. The molecule has 0 radical (unpaired) electrons. The second kappa shape index (κ2) is 7.63. The Morgan fingerprint density at radius 2 is 1.91 bits per heavy atom. The largest absolute Gasteiger partial charge is 0.497 e. The highest BCUT2D eigenvalue weighted by molar-refractivity contribution is 5.47. The number of nitrogens with zero attached hydrogens (tertiary/aromatic N) is 2. The number of ether oxygens (including phenoxy) is 1. The minimum Gasteiger partial charge on any atom is -0.497 e. The molecular weight excluding hydrogens is 276 g/mol. The number of carbonyl (C=O) groups excluding carboxylic acids is 1. The van der Waals surface area contributed by atoms with E-state index in [0.29, 0.717) is 12.0 Å². The summed E-state index contributed by atoms with van der Waals surface area (Å²) in [7, 11) is 3.84. The van der Waals surface area contributed by atoms with Crippen LogP contribution in [0.15, 0.2) is 24.3 Å². The van der Waals surface area contributed by atoms with Gasteiger partial charge < -0.3 is 14.5 Å². The fraction of sp³-hybridized carbons (Fsp3) is 0.611. The Hall–Kier alpha value is -1.55. The molecule has 0 aliphatic carbocycles. The third-order valence-electron chi connectivity index (χ3n) is 4.89. The first-order chi connectivity index (χ1) is 10.5. The van der Waals surface area contributed by atoms with Gasteiger partial charge in [0.2, 0.25) is 6.41 Å². The van der Waals surface area contributed by atoms with E-state index in [-0.39, 0.29) is 0 Å². The number of carbonyl (C=O) groups is 1. The van der Waals surface area contributed by atoms with Crippen molar-refractivity contribution in [3.8, 4) is 5.75 Å². The first kappa shape index (κ1) is 16.8. The molecule has 0 bridgehead atoms. The van der Waals surface area contributed by atoms with E-state index >= 15 is 0 Å². The van der Waals surface area contributed by atoms with E-state index in [4.69, 9.17) is 4.74 Å². The van der Waals surface area contributed by atoms with Gasteiger partial charge in [0, 0.05) is 13.1 Å². The van der Waals surface area contributed by atoms with Gasteiger partial charge in [-0.25, -0.2) is 0 Å². The molecule has 1 aromatic carbocycles. The summed E-state index contributed by atoms with van der Waals surface area (Å²) in [6, 6.07) is 7.92. The first-order valence-electron chi connectivity index (χ1n) is 8.05. The minimum atomic E-state index is 0.369. The van der Waals surface area contributed by atoms with E-state index in [1.807, 2.05) is 29.2 Å². The Bertz CT molecular complexity index is 464. The lowest BCUT2D eigenvalue weighted by atomic mass is 9.77. The summed E-state index contributed by atoms with van der Waals surface area (Å²) in [6.07, 6.45) is 4.50. The van der Waals surface area contributed by atoms with Crippen molar-refractivity contribution in [3.05, 3.63) is 29.8 Å². The van der Waals surface area contributed by atoms with Crippen LogP contribution in [0.1, 0.15) is 31.7 Å². The topological polar surface area (TPSA) is 32.8 Å². The second-order valence-electron chi connectivity index (χ2n) is 6.79. The molecule has 1 saturated heterocycles. The van der Waals surface area contributed by atoms with Gasteiger partial charge in [-0.3, -0.25) is 4.79 Å². The maximum atomic E-state index is 11.4. The fourth-order valence-corrected chi connectivity index (χ4v) is 2.96. The average Bonchev–Trinajstić information content (AvgIpc) is 2.55. The molecule has 122 valence electrons. The highest BCUT2D eigenvalue weighted by Crippen LogP contribution is 2.34. The zero-order valence-corrected chi connectivity index (χ0v) is 14.0. The molecule has 0 aromatic heterocycles. The van der Waals surface area contributed by atoms with Crippen molar-refractivity contribution < 1.29 is 9.53 Å². The number of piperidine rings is 1. The van der Waals surface area contributed by atoms with Gasteiger partial charge in [0.15, 0.2) is 0 Å². The van der Waals surface area contributed by atoms with E-state index in [1.165, 1.54) is 12.8 Å². The molecule has 0 spiro atoms. The maximum Gasteiger partial charge on any atom is 0.210 e. The van der Waals surface area contributed by atoms with Crippen LogP contribution in [0.25, 0.3) is 0 Å². The smallest absolute Gasteiger partial charge is 0.210 e. The van der Waals surface area contributed by atoms with Crippen LogP contribution in [0.3, 0.4) is 0 Å². The molecule has 22 heavy (non-hydrogen) atoms. The Morgan fingerprint density at radius 1 is 1.27 bits per heavy atom. The predicted octanol–water partition coefficient (Wildman–Crippen LogP) is 2.78. The van der Waals surface area contributed by atoms with Crippen LogP contribution < -0.4 is 4.74 Å². The van der Waals surface area contributed by atoms with Crippen LogP contribution >= 0.6 is 0 Å². The molecule has 2 rings (SSSR count). The molecule has 0 saturated carbocycles. The molecule has 1 amide bonds. The summed E-state index contributed by atoms with van der Waals surface area (Å²) in [6.45, 7) is 6.18. The van der Waals surface area contributed by atoms with Crippen molar-refractivity contribution in [2.24, 2.45) is 5.41 Å². The quantitative estimate of drug-likeness (QED) is 0.726. The van der Waals surface area contributed by atoms with Crippen molar-refractivity contribution in [1.29, 1.82) is 0 Å². The second-order valence-corrected chi connectivity index (χ2v) is 6.79. The molecule has 1 aromatic rings. The molecule has 1 fully saturated rings. The number of hydrogen-bond donors (Lipinski definition) is 0. The lowest BCUT2D eigenvalue weighted by molar-refractivity contribution is -0.119. The monoisotopic (exact) mass is 304 g/mol. The Balaban J connectivity index is 1.85. The van der Waals surface area contributed by atoms with Crippen LogP contribution in [0, 0.1) is 5.41 Å². The molecule has 1 aliphatic rings. The number of methoxy groups -OCH3 is 1. The lowest BCUT2D eigenvalue weighted by Crippen LogP contribution is -2.38. The van der Waals surface area contributed by atoms with E-state index in [9.17, 15) is 4.79 Å². The molecule has 0 N–H and O–H groups in total. The zero-order chi connectivity index (χ0) is 16.0. The van der Waals surface area contributed by atoms with Crippen molar-refractivity contribution >= 4 is 6.41 Å². The number of amides is 1. The van der Waals surface area contributed by atoms with E-state index in [1.54, 1.807) is 7.11 Å². The molecule has 0 atom stereocenters. The Morgan fingerprint density at radius 3 is 2.45 bits per heavy atom. The SMILES string of the molecule is COc1ccc(CN(C=O)CCC2(C)CCN(C)CC2)cc1. The van der Waals surface area contributed by atoms with E-state index in [0.717, 1.165) is 43.8 Å². The van der Waals surface area contributed by atoms with Gasteiger partial charge >= 0.3 is 0 Å². The molecule has 1 aliphatic heterocycles.